The minimum absolute atomic E-state index is 0.0238. The van der Waals surface area contributed by atoms with Gasteiger partial charge in [0.25, 0.3) is 0 Å². The van der Waals surface area contributed by atoms with Gasteiger partial charge in [0.2, 0.25) is 0 Å². The van der Waals surface area contributed by atoms with E-state index in [-0.39, 0.29) is 12.4 Å². The summed E-state index contributed by atoms with van der Waals surface area (Å²) >= 11 is 1.64. The average Bonchev–Trinajstić information content (AvgIpc) is 3.04. The molecule has 1 aromatic carbocycles. The second-order valence-electron chi connectivity index (χ2n) is 4.86. The summed E-state index contributed by atoms with van der Waals surface area (Å²) in [5.41, 5.74) is 0.962. The van der Waals surface area contributed by atoms with E-state index in [9.17, 15) is 8.78 Å². The number of nitrogens with zero attached hydrogens (tertiary/aromatic N) is 2. The molecule has 8 heteroatoms. The van der Waals surface area contributed by atoms with Crippen molar-refractivity contribution < 1.29 is 13.5 Å². The van der Waals surface area contributed by atoms with Gasteiger partial charge in [-0.05, 0) is 18.6 Å². The van der Waals surface area contributed by atoms with Crippen LogP contribution in [0.3, 0.4) is 0 Å². The maximum atomic E-state index is 13.4. The Kier molecular flexibility index (Phi) is 6.92. The highest BCUT2D eigenvalue weighted by atomic mass is 32.1. The van der Waals surface area contributed by atoms with Crippen molar-refractivity contribution in [1.82, 2.24) is 15.6 Å². The molecule has 24 heavy (non-hydrogen) atoms. The highest BCUT2D eigenvalue weighted by molar-refractivity contribution is 7.09. The minimum Gasteiger partial charge on any atom is -0.489 e. The summed E-state index contributed by atoms with van der Waals surface area (Å²) in [4.78, 5) is 8.56. The van der Waals surface area contributed by atoms with Gasteiger partial charge in [0.05, 0.1) is 23.8 Å². The SMILES string of the molecule is CCc1nc(CNC(=NC)NCCOc2ccc(F)cc2F)cs1. The van der Waals surface area contributed by atoms with Gasteiger partial charge in [-0.15, -0.1) is 11.3 Å². The van der Waals surface area contributed by atoms with Crippen molar-refractivity contribution in [3.63, 3.8) is 0 Å². The third kappa shape index (κ3) is 5.45. The van der Waals surface area contributed by atoms with E-state index in [0.717, 1.165) is 29.3 Å². The Bertz CT molecular complexity index is 690. The summed E-state index contributed by atoms with van der Waals surface area (Å²) < 4.78 is 31.5. The largest absolute Gasteiger partial charge is 0.489 e. The molecular weight excluding hydrogens is 334 g/mol. The number of aromatic nitrogens is 1. The van der Waals surface area contributed by atoms with Crippen LogP contribution in [0.5, 0.6) is 5.75 Å². The van der Waals surface area contributed by atoms with Crippen molar-refractivity contribution in [2.24, 2.45) is 4.99 Å². The molecule has 130 valence electrons. The van der Waals surface area contributed by atoms with Crippen molar-refractivity contribution in [2.75, 3.05) is 20.2 Å². The summed E-state index contributed by atoms with van der Waals surface area (Å²) in [6, 6.07) is 3.22. The fraction of sp³-hybridized carbons (Fsp3) is 0.375. The fourth-order valence-corrected chi connectivity index (χ4v) is 2.65. The predicted molar refractivity (Wildman–Crippen MR) is 91.5 cm³/mol. The molecule has 2 aromatic rings. The number of aliphatic imine (C=N–C) groups is 1. The molecule has 0 saturated heterocycles. The molecule has 0 radical (unpaired) electrons. The monoisotopic (exact) mass is 354 g/mol. The summed E-state index contributed by atoms with van der Waals surface area (Å²) in [5, 5.41) is 9.31. The second-order valence-corrected chi connectivity index (χ2v) is 5.80. The highest BCUT2D eigenvalue weighted by Gasteiger charge is 2.05. The lowest BCUT2D eigenvalue weighted by Crippen LogP contribution is -2.39. The summed E-state index contributed by atoms with van der Waals surface area (Å²) in [6.45, 7) is 3.29. The lowest BCUT2D eigenvalue weighted by Gasteiger charge is -2.12. The fourth-order valence-electron chi connectivity index (χ4n) is 1.91. The van der Waals surface area contributed by atoms with E-state index in [1.165, 1.54) is 6.07 Å². The molecule has 0 aliphatic carbocycles. The van der Waals surface area contributed by atoms with Gasteiger partial charge < -0.3 is 15.4 Å². The van der Waals surface area contributed by atoms with E-state index < -0.39 is 11.6 Å². The molecule has 0 bridgehead atoms. The molecular formula is C16H20F2N4OS. The number of ether oxygens (including phenoxy) is 1. The number of hydrogen-bond acceptors (Lipinski definition) is 4. The first-order valence-corrected chi connectivity index (χ1v) is 8.46. The number of nitrogens with one attached hydrogen (secondary N) is 2. The van der Waals surface area contributed by atoms with Crippen LogP contribution in [0.2, 0.25) is 0 Å². The molecule has 0 fully saturated rings. The number of halogens is 2. The Balaban J connectivity index is 1.71. The van der Waals surface area contributed by atoms with Gasteiger partial charge in [0.15, 0.2) is 17.5 Å². The zero-order valence-corrected chi connectivity index (χ0v) is 14.4. The number of hydrogen-bond donors (Lipinski definition) is 2. The van der Waals surface area contributed by atoms with Gasteiger partial charge in [-0.1, -0.05) is 6.92 Å². The molecule has 2 N–H and O–H groups in total. The standard InChI is InChI=1S/C16H20F2N4OS/c1-3-15-22-12(10-24-15)9-21-16(19-2)20-6-7-23-14-5-4-11(17)8-13(14)18/h4-5,8,10H,3,6-7,9H2,1-2H3,(H2,19,20,21). The Morgan fingerprint density at radius 3 is 2.83 bits per heavy atom. The number of guanidine groups is 1. The molecule has 0 atom stereocenters. The van der Waals surface area contributed by atoms with Crippen LogP contribution in [-0.4, -0.2) is 31.1 Å². The molecule has 1 aromatic heterocycles. The maximum Gasteiger partial charge on any atom is 0.191 e. The van der Waals surface area contributed by atoms with E-state index in [2.05, 4.69) is 27.5 Å². The molecule has 0 amide bonds. The molecule has 1 heterocycles. The Hall–Kier alpha value is -2.22. The third-order valence-electron chi connectivity index (χ3n) is 3.11. The van der Waals surface area contributed by atoms with Crippen molar-refractivity contribution >= 4 is 17.3 Å². The molecule has 2 rings (SSSR count). The number of benzene rings is 1. The second kappa shape index (κ2) is 9.17. The Labute approximate surface area is 143 Å². The molecule has 0 spiro atoms. The van der Waals surface area contributed by atoms with E-state index in [1.807, 2.05) is 5.38 Å². The molecule has 0 aliphatic heterocycles. The molecule has 0 aliphatic rings. The van der Waals surface area contributed by atoms with Crippen LogP contribution < -0.4 is 15.4 Å². The van der Waals surface area contributed by atoms with Crippen molar-refractivity contribution in [1.29, 1.82) is 0 Å². The van der Waals surface area contributed by atoms with Crippen LogP contribution in [0.1, 0.15) is 17.6 Å². The first-order valence-electron chi connectivity index (χ1n) is 7.58. The summed E-state index contributed by atoms with van der Waals surface area (Å²) in [5.74, 6) is -0.719. The van der Waals surface area contributed by atoms with Gasteiger partial charge in [0, 0.05) is 18.5 Å². The van der Waals surface area contributed by atoms with Crippen LogP contribution in [0.25, 0.3) is 0 Å². The van der Waals surface area contributed by atoms with Crippen LogP contribution in [0.15, 0.2) is 28.6 Å². The smallest absolute Gasteiger partial charge is 0.191 e. The van der Waals surface area contributed by atoms with Crippen molar-refractivity contribution in [3.8, 4) is 5.75 Å². The highest BCUT2D eigenvalue weighted by Crippen LogP contribution is 2.17. The van der Waals surface area contributed by atoms with Crippen LogP contribution in [0.4, 0.5) is 8.78 Å². The number of aryl methyl sites for hydroxylation is 1. The molecule has 0 unspecified atom stereocenters. The summed E-state index contributed by atoms with van der Waals surface area (Å²) in [6.07, 6.45) is 0.926. The first kappa shape index (κ1) is 18.1. The van der Waals surface area contributed by atoms with E-state index in [1.54, 1.807) is 18.4 Å². The molecule has 0 saturated carbocycles. The van der Waals surface area contributed by atoms with Gasteiger partial charge in [-0.25, -0.2) is 13.8 Å². The van der Waals surface area contributed by atoms with E-state index >= 15 is 0 Å². The van der Waals surface area contributed by atoms with Crippen LogP contribution in [-0.2, 0) is 13.0 Å². The van der Waals surface area contributed by atoms with E-state index in [4.69, 9.17) is 4.74 Å². The van der Waals surface area contributed by atoms with Crippen molar-refractivity contribution in [2.45, 2.75) is 19.9 Å². The van der Waals surface area contributed by atoms with Gasteiger partial charge in [-0.3, -0.25) is 4.99 Å². The maximum absolute atomic E-state index is 13.4. The predicted octanol–water partition coefficient (Wildman–Crippen LogP) is 2.73. The Morgan fingerprint density at radius 2 is 2.17 bits per heavy atom. The quantitative estimate of drug-likeness (QED) is 0.456. The zero-order chi connectivity index (χ0) is 17.4. The van der Waals surface area contributed by atoms with Gasteiger partial charge >= 0.3 is 0 Å². The minimum atomic E-state index is -0.715. The normalized spacial score (nSPS) is 11.4. The lowest BCUT2D eigenvalue weighted by molar-refractivity contribution is 0.304. The van der Waals surface area contributed by atoms with Crippen molar-refractivity contribution in [3.05, 3.63) is 45.9 Å². The van der Waals surface area contributed by atoms with Gasteiger partial charge in [-0.2, -0.15) is 0 Å². The topological polar surface area (TPSA) is 58.5 Å². The summed E-state index contributed by atoms with van der Waals surface area (Å²) in [7, 11) is 1.66. The van der Waals surface area contributed by atoms with Gasteiger partial charge in [0.1, 0.15) is 12.4 Å². The third-order valence-corrected chi connectivity index (χ3v) is 4.15. The van der Waals surface area contributed by atoms with Crippen LogP contribution >= 0.6 is 11.3 Å². The first-order chi connectivity index (χ1) is 11.6. The average molecular weight is 354 g/mol. The number of thiazole rings is 1. The van der Waals surface area contributed by atoms with E-state index in [0.29, 0.717) is 19.0 Å². The lowest BCUT2D eigenvalue weighted by atomic mass is 10.3. The van der Waals surface area contributed by atoms with Crippen LogP contribution in [0, 0.1) is 11.6 Å². The molecule has 5 nitrogen and oxygen atoms in total. The zero-order valence-electron chi connectivity index (χ0n) is 13.6. The Morgan fingerprint density at radius 1 is 1.33 bits per heavy atom. The number of rotatable bonds is 7.